The Bertz CT molecular complexity index is 441. The molecule has 2 heterocycles. The Morgan fingerprint density at radius 2 is 2.05 bits per heavy atom. The molecule has 1 saturated heterocycles. The van der Waals surface area contributed by atoms with Crippen molar-refractivity contribution in [1.82, 2.24) is 9.97 Å². The number of aryl methyl sites for hydroxylation is 1. The molecule has 0 radical (unpaired) electrons. The minimum absolute atomic E-state index is 0.488. The smallest absolute Gasteiger partial charge is 0.134 e. The summed E-state index contributed by atoms with van der Waals surface area (Å²) >= 11 is 0. The van der Waals surface area contributed by atoms with Gasteiger partial charge in [0.1, 0.15) is 11.6 Å². The van der Waals surface area contributed by atoms with E-state index in [1.54, 1.807) is 0 Å². The van der Waals surface area contributed by atoms with E-state index in [1.807, 2.05) is 0 Å². The van der Waals surface area contributed by atoms with Gasteiger partial charge < -0.3 is 10.1 Å². The fraction of sp³-hybridized carbons (Fsp3) is 0.733. The molecule has 19 heavy (non-hydrogen) atoms. The first-order valence-corrected chi connectivity index (χ1v) is 7.59. The molecule has 0 atom stereocenters. The normalized spacial score (nSPS) is 19.4. The Balaban J connectivity index is 1.87. The molecule has 4 nitrogen and oxygen atoms in total. The predicted octanol–water partition coefficient (Wildman–Crippen LogP) is 2.68. The van der Waals surface area contributed by atoms with Gasteiger partial charge in [0, 0.05) is 36.9 Å². The van der Waals surface area contributed by atoms with E-state index < -0.39 is 0 Å². The molecule has 1 N–H and O–H groups in total. The highest BCUT2D eigenvalue weighted by molar-refractivity contribution is 5.49. The van der Waals surface area contributed by atoms with Crippen LogP contribution in [0.2, 0.25) is 0 Å². The Morgan fingerprint density at radius 1 is 1.21 bits per heavy atom. The minimum atomic E-state index is 0.488. The molecule has 3 rings (SSSR count). The number of ether oxygens (including phenoxy) is 1. The first-order valence-electron chi connectivity index (χ1n) is 7.59. The molecule has 1 aliphatic heterocycles. The average Bonchev–Trinajstić information content (AvgIpc) is 2.94. The molecule has 0 spiro atoms. The summed E-state index contributed by atoms with van der Waals surface area (Å²) in [4.78, 5) is 9.67. The van der Waals surface area contributed by atoms with Gasteiger partial charge in [-0.15, -0.1) is 0 Å². The zero-order valence-corrected chi connectivity index (χ0v) is 11.7. The van der Waals surface area contributed by atoms with Crippen molar-refractivity contribution in [2.75, 3.05) is 25.1 Å². The molecule has 0 saturated carbocycles. The molecule has 2 aliphatic rings. The highest BCUT2D eigenvalue weighted by atomic mass is 16.5. The van der Waals surface area contributed by atoms with Crippen LogP contribution in [0.3, 0.4) is 0 Å². The number of anilines is 1. The molecule has 1 aromatic heterocycles. The second-order valence-electron chi connectivity index (χ2n) is 5.52. The highest BCUT2D eigenvalue weighted by Crippen LogP contribution is 2.31. The number of hydrogen-bond donors (Lipinski definition) is 1. The summed E-state index contributed by atoms with van der Waals surface area (Å²) in [6.07, 6.45) is 6.73. The molecule has 0 unspecified atom stereocenters. The van der Waals surface area contributed by atoms with Gasteiger partial charge in [0.25, 0.3) is 0 Å². The summed E-state index contributed by atoms with van der Waals surface area (Å²) in [7, 11) is 0. The van der Waals surface area contributed by atoms with Gasteiger partial charge >= 0.3 is 0 Å². The van der Waals surface area contributed by atoms with Crippen molar-refractivity contribution in [2.45, 2.75) is 51.4 Å². The van der Waals surface area contributed by atoms with E-state index in [2.05, 4.69) is 12.2 Å². The molecule has 104 valence electrons. The van der Waals surface area contributed by atoms with Gasteiger partial charge in [-0.2, -0.15) is 0 Å². The fourth-order valence-corrected chi connectivity index (χ4v) is 2.98. The van der Waals surface area contributed by atoms with E-state index in [9.17, 15) is 0 Å². The van der Waals surface area contributed by atoms with E-state index in [1.165, 1.54) is 17.7 Å². The topological polar surface area (TPSA) is 47.0 Å². The second kappa shape index (κ2) is 5.87. The van der Waals surface area contributed by atoms with E-state index >= 15 is 0 Å². The number of fused-ring (bicyclic) bond motifs is 1. The number of hydrogen-bond acceptors (Lipinski definition) is 4. The number of nitrogens with one attached hydrogen (secondary N) is 1. The third-order valence-electron chi connectivity index (χ3n) is 4.08. The fourth-order valence-electron chi connectivity index (χ4n) is 2.98. The second-order valence-corrected chi connectivity index (χ2v) is 5.52. The molecular weight excluding hydrogens is 238 g/mol. The Kier molecular flexibility index (Phi) is 3.97. The predicted molar refractivity (Wildman–Crippen MR) is 75.6 cm³/mol. The Morgan fingerprint density at radius 3 is 2.84 bits per heavy atom. The molecule has 0 amide bonds. The zero-order valence-electron chi connectivity index (χ0n) is 11.7. The molecular formula is C15H23N3O. The summed E-state index contributed by atoms with van der Waals surface area (Å²) < 4.78 is 5.44. The van der Waals surface area contributed by atoms with Crippen LogP contribution in [0.4, 0.5) is 5.82 Å². The average molecular weight is 261 g/mol. The van der Waals surface area contributed by atoms with Crippen molar-refractivity contribution in [1.29, 1.82) is 0 Å². The minimum Gasteiger partial charge on any atom is -0.381 e. The van der Waals surface area contributed by atoms with Crippen LogP contribution in [-0.2, 0) is 17.6 Å². The standard InChI is InChI=1S/C15H23N3O/c1-2-8-16-15-12-4-3-5-13(12)17-14(18-15)11-6-9-19-10-7-11/h11H,2-10H2,1H3,(H,16,17,18). The van der Waals surface area contributed by atoms with E-state index in [-0.39, 0.29) is 0 Å². The van der Waals surface area contributed by atoms with Gasteiger partial charge in [-0.3, -0.25) is 0 Å². The first kappa shape index (κ1) is 12.9. The van der Waals surface area contributed by atoms with Crippen molar-refractivity contribution in [3.05, 3.63) is 17.1 Å². The van der Waals surface area contributed by atoms with Crippen LogP contribution in [0.1, 0.15) is 55.6 Å². The Labute approximate surface area is 115 Å². The van der Waals surface area contributed by atoms with Crippen molar-refractivity contribution in [3.63, 3.8) is 0 Å². The number of nitrogens with zero attached hydrogens (tertiary/aromatic N) is 2. The van der Waals surface area contributed by atoms with Crippen LogP contribution in [0, 0.1) is 0 Å². The van der Waals surface area contributed by atoms with Crippen molar-refractivity contribution in [2.24, 2.45) is 0 Å². The maximum atomic E-state index is 5.44. The summed E-state index contributed by atoms with van der Waals surface area (Å²) in [6.45, 7) is 4.89. The van der Waals surface area contributed by atoms with Crippen LogP contribution >= 0.6 is 0 Å². The van der Waals surface area contributed by atoms with E-state index in [0.29, 0.717) is 5.92 Å². The highest BCUT2D eigenvalue weighted by Gasteiger charge is 2.24. The number of aromatic nitrogens is 2. The molecule has 0 bridgehead atoms. The van der Waals surface area contributed by atoms with Gasteiger partial charge in [0.15, 0.2) is 0 Å². The van der Waals surface area contributed by atoms with Crippen LogP contribution in [-0.4, -0.2) is 29.7 Å². The van der Waals surface area contributed by atoms with Gasteiger partial charge in [0.05, 0.1) is 0 Å². The van der Waals surface area contributed by atoms with Gasteiger partial charge in [-0.1, -0.05) is 6.92 Å². The van der Waals surface area contributed by atoms with Crippen molar-refractivity contribution in [3.8, 4) is 0 Å². The molecule has 1 fully saturated rings. The monoisotopic (exact) mass is 261 g/mol. The number of rotatable bonds is 4. The lowest BCUT2D eigenvalue weighted by Crippen LogP contribution is -2.18. The Hall–Kier alpha value is -1.16. The van der Waals surface area contributed by atoms with Crippen molar-refractivity contribution < 1.29 is 4.74 Å². The molecule has 0 aromatic carbocycles. The summed E-state index contributed by atoms with van der Waals surface area (Å²) in [5.41, 5.74) is 2.65. The van der Waals surface area contributed by atoms with Crippen LogP contribution in [0.15, 0.2) is 0 Å². The summed E-state index contributed by atoms with van der Waals surface area (Å²) in [5, 5.41) is 3.49. The lowest BCUT2D eigenvalue weighted by molar-refractivity contribution is 0.0835. The van der Waals surface area contributed by atoms with Gasteiger partial charge in [0.2, 0.25) is 0 Å². The van der Waals surface area contributed by atoms with Crippen LogP contribution in [0.25, 0.3) is 0 Å². The summed E-state index contributed by atoms with van der Waals surface area (Å²) in [5.74, 6) is 2.63. The van der Waals surface area contributed by atoms with Gasteiger partial charge in [-0.25, -0.2) is 9.97 Å². The maximum absolute atomic E-state index is 5.44. The lowest BCUT2D eigenvalue weighted by Gasteiger charge is -2.22. The largest absolute Gasteiger partial charge is 0.381 e. The third kappa shape index (κ3) is 2.73. The summed E-state index contributed by atoms with van der Waals surface area (Å²) in [6, 6.07) is 0. The van der Waals surface area contributed by atoms with Crippen LogP contribution < -0.4 is 5.32 Å². The van der Waals surface area contributed by atoms with Crippen molar-refractivity contribution >= 4 is 5.82 Å². The lowest BCUT2D eigenvalue weighted by atomic mass is 9.99. The zero-order chi connectivity index (χ0) is 13.1. The first-order chi connectivity index (χ1) is 9.38. The molecule has 4 heteroatoms. The van der Waals surface area contributed by atoms with E-state index in [0.717, 1.165) is 63.5 Å². The van der Waals surface area contributed by atoms with Gasteiger partial charge in [-0.05, 0) is 38.5 Å². The molecule has 1 aliphatic carbocycles. The maximum Gasteiger partial charge on any atom is 0.134 e. The van der Waals surface area contributed by atoms with Crippen LogP contribution in [0.5, 0.6) is 0 Å². The quantitative estimate of drug-likeness (QED) is 0.905. The third-order valence-corrected chi connectivity index (χ3v) is 4.08. The SMILES string of the molecule is CCCNc1nc(C2CCOCC2)nc2c1CCC2. The molecule has 1 aromatic rings. The van der Waals surface area contributed by atoms with E-state index in [4.69, 9.17) is 14.7 Å².